The third kappa shape index (κ3) is 6.10. The lowest BCUT2D eigenvalue weighted by Crippen LogP contribution is -2.52. The molecule has 0 spiro atoms. The molecule has 1 N–H and O–H groups in total. The molecule has 3 heterocycles. The number of amides is 1. The van der Waals surface area contributed by atoms with Crippen molar-refractivity contribution in [2.75, 3.05) is 62.8 Å². The highest BCUT2D eigenvalue weighted by molar-refractivity contribution is 7.93. The van der Waals surface area contributed by atoms with Crippen molar-refractivity contribution in [2.45, 2.75) is 30.8 Å². The van der Waals surface area contributed by atoms with Gasteiger partial charge in [-0.15, -0.1) is 0 Å². The number of carbonyl (C=O) groups excluding carboxylic acids is 1. The van der Waals surface area contributed by atoms with E-state index in [9.17, 15) is 13.7 Å². The number of nitrogens with one attached hydrogen (secondary N) is 1. The number of sulfonamides is 1. The number of aromatic nitrogens is 1. The largest absolute Gasteiger partial charge is 0.497 e. The number of hydrogen-bond acceptors (Lipinski definition) is 11. The van der Waals surface area contributed by atoms with Gasteiger partial charge in [0.1, 0.15) is 16.4 Å². The van der Waals surface area contributed by atoms with E-state index >= 15 is 4.79 Å². The van der Waals surface area contributed by atoms with Crippen LogP contribution < -0.4 is 28.7 Å². The van der Waals surface area contributed by atoms with E-state index in [4.69, 9.17) is 14.2 Å². The smallest absolute Gasteiger partial charge is 0.274 e. The van der Waals surface area contributed by atoms with Crippen LogP contribution in [0.4, 0.5) is 11.4 Å². The molecule has 1 fully saturated rings. The fraction of sp³-hybridized carbons (Fsp3) is 0.324. The van der Waals surface area contributed by atoms with Crippen LogP contribution in [0.25, 0.3) is 0 Å². The van der Waals surface area contributed by atoms with Crippen LogP contribution in [0.2, 0.25) is 0 Å². The molecule has 1 atom stereocenters. The molecular weight excluding hydrogens is 657 g/mol. The van der Waals surface area contributed by atoms with Crippen LogP contribution in [0, 0.1) is 11.3 Å². The van der Waals surface area contributed by atoms with E-state index in [0.29, 0.717) is 11.3 Å². The third-order valence-corrected chi connectivity index (χ3v) is 11.0. The van der Waals surface area contributed by atoms with E-state index in [1.807, 2.05) is 12.1 Å². The quantitative estimate of drug-likeness (QED) is 0.227. The predicted molar refractivity (Wildman–Crippen MR) is 189 cm³/mol. The molecule has 6 rings (SSSR count). The molecule has 0 saturated carbocycles. The van der Waals surface area contributed by atoms with E-state index in [-0.39, 0.29) is 46.5 Å². The number of anilines is 2. The van der Waals surface area contributed by atoms with Crippen LogP contribution in [0.5, 0.6) is 17.4 Å². The summed E-state index contributed by atoms with van der Waals surface area (Å²) in [5.74, 6) is -0.258. The topological polar surface area (TPSA) is 137 Å². The second-order valence-corrected chi connectivity index (χ2v) is 13.7. The Bertz CT molecular complexity index is 2030. The van der Waals surface area contributed by atoms with Gasteiger partial charge in [-0.3, -0.25) is 10.1 Å². The fourth-order valence-electron chi connectivity index (χ4n) is 6.62. The van der Waals surface area contributed by atoms with Gasteiger partial charge in [0, 0.05) is 61.8 Å². The van der Waals surface area contributed by atoms with Gasteiger partial charge in [0.15, 0.2) is 5.54 Å². The number of likely N-dealkylation sites (N-methyl/N-ethyl adjacent to an activating group) is 1. The average Bonchev–Trinajstić information content (AvgIpc) is 3.41. The standard InChI is InChI=1S/C37H40N6O6S/c1-5-41-18-20-42(21-19-41)28-12-9-26(10-13-28)25-40-37(30-8-7-17-39-35(30)49-6-2)31-22-27(24-38)11-15-32(31)43(36(37)44)50(45,46)34-16-14-29(47-3)23-33(34)48-4/h7-17,22-23,40H,5-6,18-21,25H2,1-4H3. The lowest BCUT2D eigenvalue weighted by Gasteiger charge is -2.35. The number of piperazine rings is 1. The molecule has 0 aliphatic carbocycles. The van der Waals surface area contributed by atoms with Crippen molar-refractivity contribution >= 4 is 27.3 Å². The van der Waals surface area contributed by atoms with E-state index < -0.39 is 21.5 Å². The maximum absolute atomic E-state index is 15.2. The van der Waals surface area contributed by atoms with Crippen molar-refractivity contribution in [3.8, 4) is 23.4 Å². The zero-order chi connectivity index (χ0) is 35.5. The minimum Gasteiger partial charge on any atom is -0.497 e. The van der Waals surface area contributed by atoms with Gasteiger partial charge >= 0.3 is 0 Å². The fourth-order valence-corrected chi connectivity index (χ4v) is 8.23. The van der Waals surface area contributed by atoms with Crippen molar-refractivity contribution in [1.82, 2.24) is 15.2 Å². The monoisotopic (exact) mass is 696 g/mol. The van der Waals surface area contributed by atoms with Gasteiger partial charge in [0.2, 0.25) is 5.88 Å². The summed E-state index contributed by atoms with van der Waals surface area (Å²) in [7, 11) is -1.78. The van der Waals surface area contributed by atoms with E-state index in [1.165, 1.54) is 44.6 Å². The number of nitriles is 1. The predicted octanol–water partition coefficient (Wildman–Crippen LogP) is 4.28. The van der Waals surface area contributed by atoms with Crippen LogP contribution in [-0.2, 0) is 26.9 Å². The van der Waals surface area contributed by atoms with Crippen molar-refractivity contribution < 1.29 is 27.4 Å². The van der Waals surface area contributed by atoms with Crippen molar-refractivity contribution in [3.63, 3.8) is 0 Å². The first kappa shape index (κ1) is 34.7. The summed E-state index contributed by atoms with van der Waals surface area (Å²) < 4.78 is 46.7. The van der Waals surface area contributed by atoms with Gasteiger partial charge in [-0.05, 0) is 73.6 Å². The Balaban J connectivity index is 1.47. The minimum atomic E-state index is -4.59. The number of fused-ring (bicyclic) bond motifs is 1. The van der Waals surface area contributed by atoms with Gasteiger partial charge in [0.25, 0.3) is 15.9 Å². The number of pyridine rings is 1. The maximum atomic E-state index is 15.2. The lowest BCUT2D eigenvalue weighted by molar-refractivity contribution is -0.121. The van der Waals surface area contributed by atoms with Gasteiger partial charge in [0.05, 0.1) is 38.1 Å². The minimum absolute atomic E-state index is 0.00499. The number of nitrogens with zero attached hydrogens (tertiary/aromatic N) is 5. The molecule has 50 heavy (non-hydrogen) atoms. The Hall–Kier alpha value is -5.16. The summed E-state index contributed by atoms with van der Waals surface area (Å²) in [6.45, 7) is 9.31. The van der Waals surface area contributed by atoms with Crippen molar-refractivity contribution in [2.24, 2.45) is 0 Å². The molecule has 0 bridgehead atoms. The molecule has 260 valence electrons. The summed E-state index contributed by atoms with van der Waals surface area (Å²) in [5, 5.41) is 13.4. The molecule has 2 aliphatic heterocycles. The van der Waals surface area contributed by atoms with Crippen LogP contribution in [0.15, 0.2) is 83.9 Å². The zero-order valence-electron chi connectivity index (χ0n) is 28.5. The molecule has 13 heteroatoms. The van der Waals surface area contributed by atoms with E-state index in [0.717, 1.165) is 48.3 Å². The first-order chi connectivity index (χ1) is 24.2. The SMILES string of the molecule is CCOc1ncccc1C1(NCc2ccc(N3CCN(CC)CC3)cc2)C(=O)N(S(=O)(=O)c2ccc(OC)cc2OC)c2ccc(C#N)cc21. The number of methoxy groups -OCH3 is 2. The second kappa shape index (κ2) is 14.4. The summed E-state index contributed by atoms with van der Waals surface area (Å²) in [4.78, 5) is 24.1. The Morgan fingerprint density at radius 1 is 0.940 bits per heavy atom. The Labute approximate surface area is 292 Å². The van der Waals surface area contributed by atoms with Gasteiger partial charge in [-0.1, -0.05) is 19.1 Å². The highest BCUT2D eigenvalue weighted by Gasteiger charge is 2.58. The third-order valence-electron chi connectivity index (χ3n) is 9.28. The molecular formula is C37H40N6O6S. The first-order valence-corrected chi connectivity index (χ1v) is 17.9. The van der Waals surface area contributed by atoms with Gasteiger partial charge < -0.3 is 24.0 Å². The number of carbonyl (C=O) groups is 1. The molecule has 1 aromatic heterocycles. The second-order valence-electron chi connectivity index (χ2n) is 11.9. The number of hydrogen-bond donors (Lipinski definition) is 1. The van der Waals surface area contributed by atoms with Crippen molar-refractivity contribution in [3.05, 3.63) is 101 Å². The van der Waals surface area contributed by atoms with Crippen LogP contribution in [0.3, 0.4) is 0 Å². The van der Waals surface area contributed by atoms with Crippen LogP contribution in [0.1, 0.15) is 36.1 Å². The van der Waals surface area contributed by atoms with E-state index in [1.54, 1.807) is 31.3 Å². The molecule has 1 unspecified atom stereocenters. The molecule has 0 radical (unpaired) electrons. The number of benzene rings is 3. The molecule has 1 amide bonds. The lowest BCUT2D eigenvalue weighted by atomic mass is 9.83. The van der Waals surface area contributed by atoms with Crippen LogP contribution in [-0.4, -0.2) is 77.8 Å². The Morgan fingerprint density at radius 2 is 1.70 bits per heavy atom. The van der Waals surface area contributed by atoms with Gasteiger partial charge in [-0.25, -0.2) is 17.7 Å². The van der Waals surface area contributed by atoms with Gasteiger partial charge in [-0.2, -0.15) is 5.26 Å². The summed E-state index contributed by atoms with van der Waals surface area (Å²) >= 11 is 0. The number of ether oxygens (including phenoxy) is 3. The molecule has 12 nitrogen and oxygen atoms in total. The van der Waals surface area contributed by atoms with Crippen molar-refractivity contribution in [1.29, 1.82) is 5.26 Å². The van der Waals surface area contributed by atoms with Crippen LogP contribution >= 0.6 is 0 Å². The number of rotatable bonds is 12. The summed E-state index contributed by atoms with van der Waals surface area (Å²) in [5.41, 5.74) is 1.08. The molecule has 3 aromatic carbocycles. The Morgan fingerprint density at radius 3 is 2.36 bits per heavy atom. The normalized spacial score (nSPS) is 17.7. The maximum Gasteiger partial charge on any atom is 0.274 e. The highest BCUT2D eigenvalue weighted by Crippen LogP contribution is 2.50. The summed E-state index contributed by atoms with van der Waals surface area (Å²) in [6.07, 6.45) is 1.55. The average molecular weight is 697 g/mol. The molecule has 4 aromatic rings. The Kier molecular flexibility index (Phi) is 9.97. The van der Waals surface area contributed by atoms with E-state index in [2.05, 4.69) is 45.2 Å². The summed E-state index contributed by atoms with van der Waals surface area (Å²) in [6, 6.07) is 22.4. The first-order valence-electron chi connectivity index (χ1n) is 16.5. The molecule has 2 aliphatic rings. The molecule has 1 saturated heterocycles. The zero-order valence-corrected chi connectivity index (χ0v) is 29.4. The highest BCUT2D eigenvalue weighted by atomic mass is 32.2.